The van der Waals surface area contributed by atoms with Gasteiger partial charge >= 0.3 is 5.51 Å². The van der Waals surface area contributed by atoms with Crippen molar-refractivity contribution in [3.63, 3.8) is 0 Å². The smallest absolute Gasteiger partial charge is 0.380 e. The summed E-state index contributed by atoms with van der Waals surface area (Å²) in [6.45, 7) is 13.5. The van der Waals surface area contributed by atoms with E-state index in [-0.39, 0.29) is 11.0 Å². The van der Waals surface area contributed by atoms with Crippen LogP contribution in [-0.4, -0.2) is 138 Å². The first-order valence-electron chi connectivity index (χ1n) is 25.5. The second-order valence-corrected chi connectivity index (χ2v) is 25.5. The Labute approximate surface area is 448 Å². The van der Waals surface area contributed by atoms with E-state index in [1.165, 1.54) is 40.6 Å². The highest BCUT2D eigenvalue weighted by Crippen LogP contribution is 2.44. The number of allylic oxidation sites excluding steroid dienone is 1. The zero-order chi connectivity index (χ0) is 52.8. The molecular formula is C55H64ClF3N8O5S3. The molecule has 3 aliphatic heterocycles. The van der Waals surface area contributed by atoms with E-state index >= 15 is 0 Å². The molecule has 4 heterocycles. The number of halogens is 4. The van der Waals surface area contributed by atoms with Gasteiger partial charge in [-0.1, -0.05) is 60.5 Å². The lowest BCUT2D eigenvalue weighted by atomic mass is 9.71. The molecule has 75 heavy (non-hydrogen) atoms. The Kier molecular flexibility index (Phi) is 17.3. The molecule has 9 rings (SSSR count). The molecule has 4 aliphatic rings. The van der Waals surface area contributed by atoms with Crippen LogP contribution < -0.4 is 20.3 Å². The number of nitrogens with zero attached hydrogens (tertiary/aromatic N) is 5. The first-order valence-corrected chi connectivity index (χ1v) is 29.8. The van der Waals surface area contributed by atoms with Gasteiger partial charge in [0.1, 0.15) is 4.90 Å². The van der Waals surface area contributed by atoms with Crippen molar-refractivity contribution in [3.8, 4) is 0 Å². The van der Waals surface area contributed by atoms with Crippen LogP contribution in [0.1, 0.15) is 59.8 Å². The topological polar surface area (TPSA) is 147 Å². The van der Waals surface area contributed by atoms with Crippen LogP contribution >= 0.6 is 23.4 Å². The number of fused-ring (bicyclic) bond motifs is 1. The summed E-state index contributed by atoms with van der Waals surface area (Å²) in [5.74, 6) is -0.672. The minimum atomic E-state index is -6.09. The predicted molar refractivity (Wildman–Crippen MR) is 291 cm³/mol. The molecule has 3 N–H and O–H groups in total. The van der Waals surface area contributed by atoms with Gasteiger partial charge < -0.3 is 20.4 Å². The lowest BCUT2D eigenvalue weighted by Crippen LogP contribution is -2.49. The third-order valence-corrected chi connectivity index (χ3v) is 19.1. The first-order chi connectivity index (χ1) is 35.9. The van der Waals surface area contributed by atoms with Crippen molar-refractivity contribution < 1.29 is 34.8 Å². The highest BCUT2D eigenvalue weighted by atomic mass is 35.5. The Hall–Kier alpha value is -4.99. The van der Waals surface area contributed by atoms with Crippen LogP contribution in [0.3, 0.4) is 0 Å². The standard InChI is InChI=1S/C55H64ClF3N8O5S3/c1-54(39-66-28-24-60-25-29-66)22-19-49(40-9-13-44(56)14-10-40)43(35-54)36-65-30-32-67(33-31-65)46-15-11-42(12-16-46)53(68)63-75(71,72)48-17-18-50(52(34-48)74(69,70)55(57,58)59)62-45(38-73-47-7-3-2-4-8-47)21-27-64-26-20-41-6-5-23-61-51(41)37-64/h2-18,23,34,45,60,62H,19-22,24-33,35-39H2,1H3,(H,63,68). The van der Waals surface area contributed by atoms with Crippen molar-refractivity contribution in [3.05, 3.63) is 148 Å². The van der Waals surface area contributed by atoms with Crippen molar-refractivity contribution in [2.45, 2.75) is 71.8 Å². The molecule has 2 fully saturated rings. The van der Waals surface area contributed by atoms with Gasteiger partial charge in [0.15, 0.2) is 0 Å². The molecule has 20 heteroatoms. The average molecular weight is 1110 g/mol. The van der Waals surface area contributed by atoms with Gasteiger partial charge in [0.05, 0.1) is 16.3 Å². The highest BCUT2D eigenvalue weighted by Gasteiger charge is 2.48. The molecule has 2 atom stereocenters. The van der Waals surface area contributed by atoms with Gasteiger partial charge in [-0.3, -0.25) is 19.6 Å². The summed E-state index contributed by atoms with van der Waals surface area (Å²) in [6, 6.07) is 29.9. The third kappa shape index (κ3) is 13.8. The van der Waals surface area contributed by atoms with Crippen LogP contribution in [0.5, 0.6) is 0 Å². The van der Waals surface area contributed by atoms with Crippen molar-refractivity contribution in [2.24, 2.45) is 5.41 Å². The largest absolute Gasteiger partial charge is 0.501 e. The van der Waals surface area contributed by atoms with Gasteiger partial charge in [-0.15, -0.1) is 11.8 Å². The van der Waals surface area contributed by atoms with Gasteiger partial charge in [-0.25, -0.2) is 21.6 Å². The van der Waals surface area contributed by atoms with Gasteiger partial charge in [0.2, 0.25) is 0 Å². The quantitative estimate of drug-likeness (QED) is 0.0719. The maximum atomic E-state index is 14.4. The minimum absolute atomic E-state index is 0.00283. The number of aromatic nitrogens is 1. The normalized spacial score (nSPS) is 19.9. The number of carbonyl (C=O) groups is 1. The fourth-order valence-corrected chi connectivity index (χ4v) is 13.9. The summed E-state index contributed by atoms with van der Waals surface area (Å²) in [5.41, 5.74) is 1.07. The number of amides is 1. The third-order valence-electron chi connectivity index (χ3n) is 14.8. The number of rotatable bonds is 18. The fraction of sp³-hybridized carbons (Fsp3) is 0.418. The molecule has 0 spiro atoms. The fourth-order valence-electron chi connectivity index (χ4n) is 10.7. The van der Waals surface area contributed by atoms with Crippen LogP contribution in [0.15, 0.2) is 136 Å². The maximum Gasteiger partial charge on any atom is 0.501 e. The number of sulfone groups is 1. The van der Waals surface area contributed by atoms with Crippen LogP contribution in [0.2, 0.25) is 5.02 Å². The van der Waals surface area contributed by atoms with Crippen molar-refractivity contribution in [1.82, 2.24) is 29.7 Å². The van der Waals surface area contributed by atoms with Crippen molar-refractivity contribution >= 4 is 66.1 Å². The Morgan fingerprint density at radius 2 is 1.57 bits per heavy atom. The number of benzene rings is 4. The number of carbonyl (C=O) groups excluding carboxylic acids is 1. The number of alkyl halides is 3. The van der Waals surface area contributed by atoms with E-state index in [1.54, 1.807) is 18.3 Å². The second kappa shape index (κ2) is 23.7. The molecule has 2 unspecified atom stereocenters. The summed E-state index contributed by atoms with van der Waals surface area (Å²) in [4.78, 5) is 26.4. The first kappa shape index (κ1) is 54.8. The van der Waals surface area contributed by atoms with Gasteiger partial charge in [-0.05, 0) is 127 Å². The summed E-state index contributed by atoms with van der Waals surface area (Å²) in [5, 5.41) is 7.22. The molecule has 0 bridgehead atoms. The van der Waals surface area contributed by atoms with Crippen LogP contribution in [0.4, 0.5) is 24.5 Å². The van der Waals surface area contributed by atoms with Crippen LogP contribution in [-0.2, 0) is 32.8 Å². The molecule has 5 aromatic rings. The Bertz CT molecular complexity index is 3050. The van der Waals surface area contributed by atoms with E-state index in [0.717, 1.165) is 132 Å². The number of anilines is 2. The van der Waals surface area contributed by atoms with Gasteiger partial charge in [0, 0.05) is 124 Å². The van der Waals surface area contributed by atoms with Crippen molar-refractivity contribution in [2.75, 3.05) is 94.5 Å². The number of hydrogen-bond donors (Lipinski definition) is 3. The maximum absolute atomic E-state index is 14.4. The number of sulfonamides is 1. The highest BCUT2D eigenvalue weighted by molar-refractivity contribution is 7.99. The molecule has 1 amide bonds. The Morgan fingerprint density at radius 3 is 2.29 bits per heavy atom. The number of hydrogen-bond acceptors (Lipinski definition) is 13. The summed E-state index contributed by atoms with van der Waals surface area (Å²) < 4.78 is 99.0. The molecule has 4 aromatic carbocycles. The summed E-state index contributed by atoms with van der Waals surface area (Å²) >= 11 is 7.75. The number of piperazine rings is 2. The predicted octanol–water partition coefficient (Wildman–Crippen LogP) is 8.84. The molecule has 0 radical (unpaired) electrons. The van der Waals surface area contributed by atoms with E-state index in [2.05, 4.69) is 54.3 Å². The molecular weight excluding hydrogens is 1040 g/mol. The minimum Gasteiger partial charge on any atom is -0.380 e. The molecule has 13 nitrogen and oxygen atoms in total. The van der Waals surface area contributed by atoms with E-state index in [4.69, 9.17) is 11.6 Å². The van der Waals surface area contributed by atoms with E-state index in [1.807, 2.05) is 59.3 Å². The number of nitrogens with one attached hydrogen (secondary N) is 3. The van der Waals surface area contributed by atoms with Gasteiger partial charge in [-0.2, -0.15) is 13.2 Å². The molecule has 2 saturated heterocycles. The number of pyridine rings is 1. The zero-order valence-electron chi connectivity index (χ0n) is 42.0. The molecule has 1 aliphatic carbocycles. The summed E-state index contributed by atoms with van der Waals surface area (Å²) in [7, 11) is -11.0. The van der Waals surface area contributed by atoms with E-state index in [9.17, 15) is 34.8 Å². The van der Waals surface area contributed by atoms with Crippen LogP contribution in [0, 0.1) is 5.41 Å². The lowest BCUT2D eigenvalue weighted by molar-refractivity contribution is -0.0435. The SMILES string of the molecule is CC1(CN2CCNCC2)CCC(c2ccc(Cl)cc2)=C(CN2CCN(c3ccc(C(=O)NS(=O)(=O)c4ccc(NC(CCN5CCc6cccnc6C5)CSc5ccccc5)c(S(=O)(=O)C(F)(F)F)c4)cc3)CC2)C1. The van der Waals surface area contributed by atoms with Crippen LogP contribution in [0.25, 0.3) is 5.57 Å². The Balaban J connectivity index is 0.854. The monoisotopic (exact) mass is 1100 g/mol. The molecule has 400 valence electrons. The van der Waals surface area contributed by atoms with Crippen molar-refractivity contribution in [1.29, 1.82) is 0 Å². The average Bonchev–Trinajstić information content (AvgIpc) is 3.40. The second-order valence-electron chi connectivity index (χ2n) is 20.3. The van der Waals surface area contributed by atoms with E-state index in [0.29, 0.717) is 36.4 Å². The zero-order valence-corrected chi connectivity index (χ0v) is 45.2. The molecule has 1 aromatic heterocycles. The van der Waals surface area contributed by atoms with E-state index < -0.39 is 52.8 Å². The van der Waals surface area contributed by atoms with Gasteiger partial charge in [0.25, 0.3) is 25.8 Å². The Morgan fingerprint density at radius 1 is 0.840 bits per heavy atom. The lowest BCUT2D eigenvalue weighted by Gasteiger charge is -2.43. The molecule has 0 saturated carbocycles. The number of thioether (sulfide) groups is 1. The summed E-state index contributed by atoms with van der Waals surface area (Å²) in [6.07, 6.45) is 6.09.